The Bertz CT molecular complexity index is 244. The van der Waals surface area contributed by atoms with Gasteiger partial charge in [-0.3, -0.25) is 4.79 Å². The van der Waals surface area contributed by atoms with Crippen LogP contribution in [0.15, 0.2) is 0 Å². The number of piperazine rings is 1. The SMILES string of the molecule is O=C([C@@H]1C[C@H]1F)N1C2CNCC1C2. The molecular formula is C9H13FN2O. The van der Waals surface area contributed by atoms with Crippen LogP contribution in [-0.4, -0.2) is 42.2 Å². The molecule has 1 N–H and O–H groups in total. The van der Waals surface area contributed by atoms with Gasteiger partial charge < -0.3 is 10.2 Å². The van der Waals surface area contributed by atoms with Crippen LogP contribution in [0.3, 0.4) is 0 Å². The van der Waals surface area contributed by atoms with Crippen molar-refractivity contribution in [1.29, 1.82) is 0 Å². The molecule has 4 atom stereocenters. The standard InChI is InChI=1S/C9H13FN2O/c10-8-2-7(8)9(13)12-5-1-6(12)4-11-3-5/h5-8,11H,1-4H2/t5?,6?,7-,8-/m1/s1. The normalized spacial score (nSPS) is 47.0. The first kappa shape index (κ1) is 7.74. The van der Waals surface area contributed by atoms with E-state index in [4.69, 9.17) is 0 Å². The van der Waals surface area contributed by atoms with E-state index in [1.165, 1.54) is 0 Å². The number of amides is 1. The highest BCUT2D eigenvalue weighted by Gasteiger charge is 2.52. The summed E-state index contributed by atoms with van der Waals surface area (Å²) in [5.41, 5.74) is 0. The lowest BCUT2D eigenvalue weighted by Crippen LogP contribution is -2.69. The van der Waals surface area contributed by atoms with Crippen molar-refractivity contribution >= 4 is 5.91 Å². The minimum Gasteiger partial charge on any atom is -0.334 e. The minimum atomic E-state index is -0.846. The fourth-order valence-electron chi connectivity index (χ4n) is 2.45. The second-order valence-corrected chi connectivity index (χ2v) is 4.31. The number of hydrogen-bond donors (Lipinski definition) is 1. The van der Waals surface area contributed by atoms with Crippen LogP contribution < -0.4 is 5.32 Å². The summed E-state index contributed by atoms with van der Waals surface area (Å²) in [5, 5.41) is 3.25. The van der Waals surface area contributed by atoms with E-state index >= 15 is 0 Å². The van der Waals surface area contributed by atoms with E-state index in [0.29, 0.717) is 18.5 Å². The largest absolute Gasteiger partial charge is 0.334 e. The Morgan fingerprint density at radius 3 is 2.38 bits per heavy atom. The monoisotopic (exact) mass is 184 g/mol. The molecule has 3 fully saturated rings. The predicted octanol–water partition coefficient (Wildman–Crippen LogP) is -0.0829. The van der Waals surface area contributed by atoms with Crippen molar-refractivity contribution < 1.29 is 9.18 Å². The highest BCUT2D eigenvalue weighted by atomic mass is 19.1. The average Bonchev–Trinajstić information content (AvgIpc) is 2.84. The summed E-state index contributed by atoms with van der Waals surface area (Å²) in [4.78, 5) is 13.6. The van der Waals surface area contributed by atoms with Crippen molar-refractivity contribution in [1.82, 2.24) is 10.2 Å². The number of fused-ring (bicyclic) bond motifs is 2. The molecule has 2 bridgehead atoms. The van der Waals surface area contributed by atoms with Crippen molar-refractivity contribution in [3.63, 3.8) is 0 Å². The molecule has 2 aliphatic heterocycles. The molecule has 1 aliphatic carbocycles. The molecule has 0 aromatic carbocycles. The Morgan fingerprint density at radius 1 is 1.31 bits per heavy atom. The third-order valence-electron chi connectivity index (χ3n) is 3.38. The highest BCUT2D eigenvalue weighted by molar-refractivity contribution is 5.83. The summed E-state index contributed by atoms with van der Waals surface area (Å²) in [7, 11) is 0. The highest BCUT2D eigenvalue weighted by Crippen LogP contribution is 2.40. The first-order valence-electron chi connectivity index (χ1n) is 4.94. The fourth-order valence-corrected chi connectivity index (χ4v) is 2.45. The zero-order chi connectivity index (χ0) is 9.00. The summed E-state index contributed by atoms with van der Waals surface area (Å²) in [6, 6.07) is 0.720. The van der Waals surface area contributed by atoms with E-state index in [1.807, 2.05) is 4.90 Å². The van der Waals surface area contributed by atoms with Crippen molar-refractivity contribution in [2.75, 3.05) is 13.1 Å². The molecule has 3 nitrogen and oxygen atoms in total. The lowest BCUT2D eigenvalue weighted by atomic mass is 9.88. The summed E-state index contributed by atoms with van der Waals surface area (Å²) >= 11 is 0. The van der Waals surface area contributed by atoms with Gasteiger partial charge in [0.15, 0.2) is 0 Å². The second kappa shape index (κ2) is 2.44. The lowest BCUT2D eigenvalue weighted by molar-refractivity contribution is -0.149. The zero-order valence-corrected chi connectivity index (χ0v) is 7.37. The third kappa shape index (κ3) is 1.01. The van der Waals surface area contributed by atoms with Gasteiger partial charge in [0.05, 0.1) is 5.92 Å². The molecule has 0 aromatic heterocycles. The summed E-state index contributed by atoms with van der Waals surface area (Å²) < 4.78 is 12.7. The number of hydrogen-bond acceptors (Lipinski definition) is 2. The quantitative estimate of drug-likeness (QED) is 0.618. The van der Waals surface area contributed by atoms with Crippen LogP contribution in [0.4, 0.5) is 4.39 Å². The Balaban J connectivity index is 1.69. The summed E-state index contributed by atoms with van der Waals surface area (Å²) in [6.07, 6.45) is 0.728. The van der Waals surface area contributed by atoms with Crippen LogP contribution in [0.25, 0.3) is 0 Å². The molecule has 72 valence electrons. The molecule has 2 saturated heterocycles. The van der Waals surface area contributed by atoms with Crippen molar-refractivity contribution in [3.8, 4) is 0 Å². The van der Waals surface area contributed by atoms with Gasteiger partial charge >= 0.3 is 0 Å². The van der Waals surface area contributed by atoms with Crippen molar-refractivity contribution in [3.05, 3.63) is 0 Å². The van der Waals surface area contributed by atoms with Crippen LogP contribution in [0.5, 0.6) is 0 Å². The van der Waals surface area contributed by atoms with Gasteiger partial charge in [-0.2, -0.15) is 0 Å². The molecule has 0 spiro atoms. The molecule has 2 heterocycles. The van der Waals surface area contributed by atoms with E-state index in [-0.39, 0.29) is 11.8 Å². The molecule has 1 amide bonds. The van der Waals surface area contributed by atoms with Gasteiger partial charge in [0.1, 0.15) is 6.17 Å². The van der Waals surface area contributed by atoms with E-state index in [2.05, 4.69) is 5.32 Å². The van der Waals surface area contributed by atoms with E-state index < -0.39 is 6.17 Å². The molecule has 0 radical (unpaired) electrons. The Kier molecular flexibility index (Phi) is 1.45. The Labute approximate surface area is 76.3 Å². The number of nitrogens with one attached hydrogen (secondary N) is 1. The van der Waals surface area contributed by atoms with Gasteiger partial charge in [0, 0.05) is 25.2 Å². The van der Waals surface area contributed by atoms with Gasteiger partial charge in [-0.25, -0.2) is 4.39 Å². The topological polar surface area (TPSA) is 32.3 Å². The maximum absolute atomic E-state index is 12.7. The lowest BCUT2D eigenvalue weighted by Gasteiger charge is -2.53. The number of carbonyl (C=O) groups is 1. The summed E-state index contributed by atoms with van der Waals surface area (Å²) in [5.74, 6) is -0.223. The van der Waals surface area contributed by atoms with Crippen molar-refractivity contribution in [2.45, 2.75) is 31.1 Å². The smallest absolute Gasteiger partial charge is 0.229 e. The third-order valence-corrected chi connectivity index (χ3v) is 3.38. The maximum atomic E-state index is 12.7. The molecule has 3 aliphatic rings. The van der Waals surface area contributed by atoms with Gasteiger partial charge in [-0.05, 0) is 12.8 Å². The van der Waals surface area contributed by atoms with Crippen LogP contribution >= 0.6 is 0 Å². The van der Waals surface area contributed by atoms with Crippen LogP contribution in [0, 0.1) is 5.92 Å². The van der Waals surface area contributed by atoms with Crippen molar-refractivity contribution in [2.24, 2.45) is 5.92 Å². The molecule has 2 unspecified atom stereocenters. The zero-order valence-electron chi connectivity index (χ0n) is 7.37. The number of carbonyl (C=O) groups excluding carboxylic acids is 1. The van der Waals surface area contributed by atoms with Gasteiger partial charge in [0.25, 0.3) is 0 Å². The molecular weight excluding hydrogens is 171 g/mol. The summed E-state index contributed by atoms with van der Waals surface area (Å²) in [6.45, 7) is 1.79. The first-order chi connectivity index (χ1) is 6.27. The van der Waals surface area contributed by atoms with Gasteiger partial charge in [0.2, 0.25) is 5.91 Å². The van der Waals surface area contributed by atoms with Crippen LogP contribution in [-0.2, 0) is 4.79 Å². The van der Waals surface area contributed by atoms with Gasteiger partial charge in [-0.1, -0.05) is 0 Å². The Morgan fingerprint density at radius 2 is 1.92 bits per heavy atom. The molecule has 4 heteroatoms. The van der Waals surface area contributed by atoms with Crippen LogP contribution in [0.1, 0.15) is 12.8 Å². The molecule has 1 saturated carbocycles. The molecule has 13 heavy (non-hydrogen) atoms. The predicted molar refractivity (Wildman–Crippen MR) is 44.9 cm³/mol. The second-order valence-electron chi connectivity index (χ2n) is 4.31. The molecule has 0 aromatic rings. The first-order valence-corrected chi connectivity index (χ1v) is 4.94. The number of nitrogens with zero attached hydrogens (tertiary/aromatic N) is 1. The van der Waals surface area contributed by atoms with Gasteiger partial charge in [-0.15, -0.1) is 0 Å². The van der Waals surface area contributed by atoms with E-state index in [0.717, 1.165) is 19.5 Å². The average molecular weight is 184 g/mol. The number of alkyl halides is 1. The fraction of sp³-hybridized carbons (Fsp3) is 0.889. The number of piperidine rings is 1. The minimum absolute atomic E-state index is 0.0650. The number of rotatable bonds is 1. The van der Waals surface area contributed by atoms with Crippen LogP contribution in [0.2, 0.25) is 0 Å². The number of halogens is 1. The van der Waals surface area contributed by atoms with E-state index in [9.17, 15) is 9.18 Å². The maximum Gasteiger partial charge on any atom is 0.229 e. The Hall–Kier alpha value is -0.640. The molecule has 3 rings (SSSR count). The van der Waals surface area contributed by atoms with E-state index in [1.54, 1.807) is 0 Å².